The van der Waals surface area contributed by atoms with Crippen molar-refractivity contribution >= 4 is 5.52 Å². The average molecular weight is 550 g/mol. The van der Waals surface area contributed by atoms with E-state index in [-0.39, 0.29) is 23.4 Å². The molecule has 4 fully saturated rings. The first-order valence-corrected chi connectivity index (χ1v) is 14.6. The number of halogens is 3. The van der Waals surface area contributed by atoms with E-state index in [9.17, 15) is 18.0 Å². The Hall–Kier alpha value is -1.92. The summed E-state index contributed by atoms with van der Waals surface area (Å²) in [5.41, 5.74) is 6.16. The van der Waals surface area contributed by atoms with E-state index in [1.807, 2.05) is 0 Å². The van der Waals surface area contributed by atoms with Gasteiger partial charge in [0.1, 0.15) is 0 Å². The number of alkyl halides is 3. The van der Waals surface area contributed by atoms with Crippen LogP contribution in [0, 0.1) is 23.7 Å². The van der Waals surface area contributed by atoms with Crippen LogP contribution in [0.1, 0.15) is 62.6 Å². The van der Waals surface area contributed by atoms with Crippen molar-refractivity contribution in [2.24, 2.45) is 23.7 Å². The van der Waals surface area contributed by atoms with Crippen LogP contribution in [0.3, 0.4) is 0 Å². The van der Waals surface area contributed by atoms with E-state index in [1.165, 1.54) is 16.7 Å². The van der Waals surface area contributed by atoms with Crippen LogP contribution in [-0.2, 0) is 12.7 Å². The van der Waals surface area contributed by atoms with E-state index >= 15 is 0 Å². The quantitative estimate of drug-likeness (QED) is 0.514. The number of nitrogens with one attached hydrogen (secondary N) is 3. The second-order valence-corrected chi connectivity index (χ2v) is 12.6. The molecule has 0 bridgehead atoms. The number of imidazole rings is 1. The van der Waals surface area contributed by atoms with Crippen molar-refractivity contribution in [2.45, 2.75) is 70.4 Å². The molecule has 6 rings (SSSR count). The zero-order chi connectivity index (χ0) is 27.3. The van der Waals surface area contributed by atoms with Crippen LogP contribution < -0.4 is 21.9 Å². The van der Waals surface area contributed by atoms with Crippen LogP contribution >= 0.6 is 0 Å². The molecule has 3 saturated heterocycles. The lowest BCUT2D eigenvalue weighted by molar-refractivity contribution is -0.136. The maximum absolute atomic E-state index is 14.3. The highest BCUT2D eigenvalue weighted by Crippen LogP contribution is 2.42. The highest BCUT2D eigenvalue weighted by atomic mass is 19.4. The summed E-state index contributed by atoms with van der Waals surface area (Å²) in [5, 5.41) is 3.41. The molecular formula is C28H42F3N7O. The standard InChI is InChI=1S/C28H42F3N7O/c1-18-5-4-8-36(13-18)14-19-9-23(28(29,30)31)24-16-37(27(39)38(24)15-19)22-7-3-6-20(10-22)25(21-11-32-12-21)26-34-33-17-35(26)2/h9,15-16,18,20-22,25-26,32-34H,3-8,10-14,17H2,1-2H3/t18-,20?,22?,25+,26?/m0/s1. The predicted octanol–water partition coefficient (Wildman–Crippen LogP) is 3.24. The molecule has 1 aliphatic carbocycles. The molecule has 8 nitrogen and oxygen atoms in total. The normalized spacial score (nSPS) is 30.6. The third-order valence-electron chi connectivity index (χ3n) is 9.70. The van der Waals surface area contributed by atoms with Gasteiger partial charge in [0.2, 0.25) is 0 Å². The number of likely N-dealkylation sites (tertiary alicyclic amines) is 1. The number of hydrogen-bond donors (Lipinski definition) is 3. The van der Waals surface area contributed by atoms with E-state index in [1.54, 1.807) is 10.8 Å². The highest BCUT2D eigenvalue weighted by Gasteiger charge is 2.44. The molecule has 4 aliphatic rings. The lowest BCUT2D eigenvalue weighted by Crippen LogP contribution is -2.57. The van der Waals surface area contributed by atoms with Crippen molar-refractivity contribution < 1.29 is 13.2 Å². The molecule has 11 heteroatoms. The van der Waals surface area contributed by atoms with Gasteiger partial charge in [0.15, 0.2) is 0 Å². The molecule has 0 spiro atoms. The van der Waals surface area contributed by atoms with Gasteiger partial charge in [-0.3, -0.25) is 18.8 Å². The summed E-state index contributed by atoms with van der Waals surface area (Å²) in [6.45, 7) is 7.11. The molecule has 0 amide bonds. The molecule has 5 heterocycles. The van der Waals surface area contributed by atoms with Crippen LogP contribution in [0.2, 0.25) is 0 Å². The summed E-state index contributed by atoms with van der Waals surface area (Å²) in [4.78, 5) is 18.2. The number of nitrogens with zero attached hydrogens (tertiary/aromatic N) is 4. The van der Waals surface area contributed by atoms with Crippen LogP contribution in [0.15, 0.2) is 23.3 Å². The minimum atomic E-state index is -4.53. The number of pyridine rings is 1. The predicted molar refractivity (Wildman–Crippen MR) is 144 cm³/mol. The minimum absolute atomic E-state index is 0.0356. The first kappa shape index (κ1) is 27.3. The van der Waals surface area contributed by atoms with Crippen LogP contribution in [-0.4, -0.2) is 64.8 Å². The fourth-order valence-corrected chi connectivity index (χ4v) is 7.69. The monoisotopic (exact) mass is 549 g/mol. The minimum Gasteiger partial charge on any atom is -0.316 e. The van der Waals surface area contributed by atoms with E-state index in [2.05, 4.69) is 39.9 Å². The summed E-state index contributed by atoms with van der Waals surface area (Å²) in [7, 11) is 2.11. The molecule has 5 atom stereocenters. The van der Waals surface area contributed by atoms with Crippen LogP contribution in [0.4, 0.5) is 13.2 Å². The molecular weight excluding hydrogens is 507 g/mol. The first-order chi connectivity index (χ1) is 18.7. The molecule has 39 heavy (non-hydrogen) atoms. The number of piperidine rings is 1. The van der Waals surface area contributed by atoms with Gasteiger partial charge in [-0.1, -0.05) is 13.3 Å². The Morgan fingerprint density at radius 3 is 2.59 bits per heavy atom. The van der Waals surface area contributed by atoms with E-state index in [0.29, 0.717) is 35.8 Å². The Morgan fingerprint density at radius 1 is 1.10 bits per heavy atom. The van der Waals surface area contributed by atoms with E-state index < -0.39 is 11.7 Å². The van der Waals surface area contributed by atoms with Crippen molar-refractivity contribution in [1.29, 1.82) is 0 Å². The van der Waals surface area contributed by atoms with Gasteiger partial charge in [-0.05, 0) is 94.1 Å². The van der Waals surface area contributed by atoms with Crippen molar-refractivity contribution in [2.75, 3.05) is 39.9 Å². The average Bonchev–Trinajstić information content (AvgIpc) is 3.43. The summed E-state index contributed by atoms with van der Waals surface area (Å²) in [5.74, 6) is 1.88. The maximum atomic E-state index is 14.3. The van der Waals surface area contributed by atoms with Gasteiger partial charge >= 0.3 is 11.9 Å². The van der Waals surface area contributed by atoms with Gasteiger partial charge in [-0.2, -0.15) is 13.2 Å². The Bertz CT molecular complexity index is 1220. The molecule has 3 aliphatic heterocycles. The second-order valence-electron chi connectivity index (χ2n) is 12.6. The third kappa shape index (κ3) is 5.40. The van der Waals surface area contributed by atoms with Gasteiger partial charge in [0.05, 0.1) is 23.9 Å². The SMILES string of the molecule is C[C@H]1CCCN(Cc2cc(C(F)(F)F)c3cn(C4CCCC([C@H](C5CNC5)C5NNCN5C)C4)c(=O)n3c2)C1. The number of hydrazine groups is 1. The van der Waals surface area contributed by atoms with Crippen molar-refractivity contribution in [3.63, 3.8) is 0 Å². The topological polar surface area (TPSA) is 69.0 Å². The van der Waals surface area contributed by atoms with Crippen molar-refractivity contribution in [3.8, 4) is 0 Å². The third-order valence-corrected chi connectivity index (χ3v) is 9.70. The Balaban J connectivity index is 1.31. The summed E-state index contributed by atoms with van der Waals surface area (Å²) in [6.07, 6.45) is 4.68. The molecule has 3 N–H and O–H groups in total. The number of fused-ring (bicyclic) bond motifs is 1. The molecule has 3 unspecified atom stereocenters. The highest BCUT2D eigenvalue weighted by molar-refractivity contribution is 5.56. The second kappa shape index (κ2) is 10.8. The zero-order valence-electron chi connectivity index (χ0n) is 23.0. The summed E-state index contributed by atoms with van der Waals surface area (Å²) in [6, 6.07) is 1.16. The Morgan fingerprint density at radius 2 is 1.92 bits per heavy atom. The smallest absolute Gasteiger partial charge is 0.316 e. The van der Waals surface area contributed by atoms with Gasteiger partial charge in [-0.15, -0.1) is 0 Å². The van der Waals surface area contributed by atoms with Gasteiger partial charge in [-0.25, -0.2) is 15.6 Å². The van der Waals surface area contributed by atoms with Crippen LogP contribution in [0.5, 0.6) is 0 Å². The van der Waals surface area contributed by atoms with Gasteiger partial charge in [0, 0.05) is 31.5 Å². The Kier molecular flexibility index (Phi) is 7.56. The van der Waals surface area contributed by atoms with Gasteiger partial charge < -0.3 is 5.32 Å². The Labute approximate surface area is 227 Å². The van der Waals surface area contributed by atoms with E-state index in [0.717, 1.165) is 71.4 Å². The largest absolute Gasteiger partial charge is 0.418 e. The van der Waals surface area contributed by atoms with Crippen molar-refractivity contribution in [3.05, 3.63) is 40.1 Å². The number of hydrogen-bond acceptors (Lipinski definition) is 6. The molecule has 0 radical (unpaired) electrons. The molecule has 2 aromatic rings. The summed E-state index contributed by atoms with van der Waals surface area (Å²) >= 11 is 0. The van der Waals surface area contributed by atoms with Crippen LogP contribution in [0.25, 0.3) is 5.52 Å². The number of rotatable bonds is 6. The zero-order valence-corrected chi connectivity index (χ0v) is 23.0. The summed E-state index contributed by atoms with van der Waals surface area (Å²) < 4.78 is 45.7. The first-order valence-electron chi connectivity index (χ1n) is 14.6. The molecule has 216 valence electrons. The molecule has 1 saturated carbocycles. The number of aromatic nitrogens is 2. The lowest BCUT2D eigenvalue weighted by Gasteiger charge is -2.46. The maximum Gasteiger partial charge on any atom is 0.418 e. The van der Waals surface area contributed by atoms with E-state index in [4.69, 9.17) is 0 Å². The van der Waals surface area contributed by atoms with Crippen molar-refractivity contribution in [1.82, 2.24) is 34.9 Å². The molecule has 2 aromatic heterocycles. The fourth-order valence-electron chi connectivity index (χ4n) is 7.69. The lowest BCUT2D eigenvalue weighted by atomic mass is 9.69. The molecule has 0 aromatic carbocycles. The van der Waals surface area contributed by atoms with Gasteiger partial charge in [0.25, 0.3) is 0 Å². The fraction of sp³-hybridized carbons (Fsp3) is 0.750.